The Morgan fingerprint density at radius 1 is 0.968 bits per heavy atom. The number of thiophene rings is 1. The van der Waals surface area contributed by atoms with Gasteiger partial charge in [0.15, 0.2) is 0 Å². The topological polar surface area (TPSA) is 69.6 Å². The zero-order valence-corrected chi connectivity index (χ0v) is 18.9. The maximum Gasteiger partial charge on any atom is 0.229 e. The summed E-state index contributed by atoms with van der Waals surface area (Å²) in [7, 11) is 0. The normalized spacial score (nSPS) is 22.2. The number of piperazine rings is 1. The Morgan fingerprint density at radius 3 is 2.42 bits per heavy atom. The van der Waals surface area contributed by atoms with Gasteiger partial charge >= 0.3 is 0 Å². The van der Waals surface area contributed by atoms with Crippen molar-refractivity contribution in [3.8, 4) is 0 Å². The molecule has 5 rings (SSSR count). The first-order chi connectivity index (χ1) is 15.1. The minimum Gasteiger partial charge on any atom is -0.368 e. The van der Waals surface area contributed by atoms with E-state index in [1.807, 2.05) is 6.20 Å². The molecule has 0 unspecified atom stereocenters. The van der Waals surface area contributed by atoms with Crippen LogP contribution in [0.5, 0.6) is 0 Å². The Balaban J connectivity index is 1.05. The number of anilines is 1. The van der Waals surface area contributed by atoms with E-state index in [4.69, 9.17) is 0 Å². The quantitative estimate of drug-likeness (QED) is 0.506. The van der Waals surface area contributed by atoms with Gasteiger partial charge in [-0.2, -0.15) is 0 Å². The Labute approximate surface area is 187 Å². The molecule has 7 nitrogen and oxygen atoms in total. The molecule has 8 heteroatoms. The fourth-order valence-electron chi connectivity index (χ4n) is 5.59. The lowest BCUT2D eigenvalue weighted by Crippen LogP contribution is -2.48. The van der Waals surface area contributed by atoms with Crippen LogP contribution in [0.25, 0.3) is 10.2 Å². The first kappa shape index (κ1) is 20.8. The van der Waals surface area contributed by atoms with Gasteiger partial charge in [0.25, 0.3) is 0 Å². The molecule has 3 aliphatic rings. The molecule has 1 aliphatic carbocycles. The Hall–Kier alpha value is -2.06. The van der Waals surface area contributed by atoms with Crippen molar-refractivity contribution < 1.29 is 9.59 Å². The molecule has 2 amide bonds. The fraction of sp³-hybridized carbons (Fsp3) is 0.652. The van der Waals surface area contributed by atoms with Crippen molar-refractivity contribution in [2.24, 2.45) is 5.41 Å². The number of piperidine rings is 1. The van der Waals surface area contributed by atoms with Crippen LogP contribution in [0.4, 0.5) is 5.69 Å². The minimum absolute atomic E-state index is 0.00421. The number of hydrogen-bond acceptors (Lipinski definition) is 7. The molecule has 0 bridgehead atoms. The van der Waals surface area contributed by atoms with Crippen LogP contribution in [0, 0.1) is 5.41 Å². The molecule has 2 aromatic heterocycles. The predicted octanol–water partition coefficient (Wildman–Crippen LogP) is 3.30. The molecular formula is C23H31N5O2S. The standard InChI is InChI=1S/C23H31N5O2S/c29-20-13-23(5-1-2-6-23)14-21(30)28(20)8-4-3-7-26-9-11-27(12-10-26)19-16-31-22-18(19)15-24-17-25-22/h15-17H,1-14H2. The minimum atomic E-state index is 0.00421. The van der Waals surface area contributed by atoms with Crippen molar-refractivity contribution in [2.75, 3.05) is 44.2 Å². The summed E-state index contributed by atoms with van der Waals surface area (Å²) in [6, 6.07) is 0. The highest BCUT2D eigenvalue weighted by atomic mass is 32.1. The monoisotopic (exact) mass is 441 g/mol. The number of carbonyl (C=O) groups is 2. The van der Waals surface area contributed by atoms with Crippen molar-refractivity contribution in [1.29, 1.82) is 0 Å². The maximum atomic E-state index is 12.6. The van der Waals surface area contributed by atoms with E-state index in [-0.39, 0.29) is 17.2 Å². The number of carbonyl (C=O) groups excluding carboxylic acids is 2. The molecule has 2 aliphatic heterocycles. The first-order valence-corrected chi connectivity index (χ1v) is 12.5. The van der Waals surface area contributed by atoms with Crippen LogP contribution in [-0.4, -0.2) is 70.9 Å². The van der Waals surface area contributed by atoms with Crippen molar-refractivity contribution in [1.82, 2.24) is 19.8 Å². The molecule has 0 N–H and O–H groups in total. The lowest BCUT2D eigenvalue weighted by molar-refractivity contribution is -0.153. The van der Waals surface area contributed by atoms with E-state index in [0.717, 1.165) is 68.6 Å². The SMILES string of the molecule is O=C1CC2(CCCC2)CC(=O)N1CCCCN1CCN(c2csc3ncncc23)CC1. The Morgan fingerprint density at radius 2 is 1.68 bits per heavy atom. The summed E-state index contributed by atoms with van der Waals surface area (Å²) in [5, 5.41) is 3.34. The van der Waals surface area contributed by atoms with E-state index in [1.54, 1.807) is 22.6 Å². The van der Waals surface area contributed by atoms with Crippen LogP contribution in [0.1, 0.15) is 51.4 Å². The zero-order chi connectivity index (χ0) is 21.3. The van der Waals surface area contributed by atoms with Crippen LogP contribution in [0.15, 0.2) is 17.9 Å². The summed E-state index contributed by atoms with van der Waals surface area (Å²) in [6.07, 6.45) is 11.1. The summed E-state index contributed by atoms with van der Waals surface area (Å²) >= 11 is 1.68. The summed E-state index contributed by atoms with van der Waals surface area (Å²) in [5.74, 6) is 0.137. The molecule has 3 fully saturated rings. The average molecular weight is 442 g/mol. The Bertz CT molecular complexity index is 926. The lowest BCUT2D eigenvalue weighted by atomic mass is 9.76. The average Bonchev–Trinajstić information content (AvgIpc) is 3.40. The predicted molar refractivity (Wildman–Crippen MR) is 122 cm³/mol. The summed E-state index contributed by atoms with van der Waals surface area (Å²) in [6.45, 7) is 5.71. The number of unbranched alkanes of at least 4 members (excludes halogenated alkanes) is 1. The number of amides is 2. The van der Waals surface area contributed by atoms with Gasteiger partial charge in [-0.15, -0.1) is 11.3 Å². The number of nitrogens with zero attached hydrogens (tertiary/aromatic N) is 5. The van der Waals surface area contributed by atoms with E-state index in [1.165, 1.54) is 18.5 Å². The van der Waals surface area contributed by atoms with Crippen LogP contribution >= 0.6 is 11.3 Å². The van der Waals surface area contributed by atoms with E-state index >= 15 is 0 Å². The lowest BCUT2D eigenvalue weighted by Gasteiger charge is -2.37. The number of rotatable bonds is 6. The summed E-state index contributed by atoms with van der Waals surface area (Å²) < 4.78 is 0. The van der Waals surface area contributed by atoms with Crippen LogP contribution in [0.3, 0.4) is 0 Å². The third-order valence-electron chi connectivity index (χ3n) is 7.37. The van der Waals surface area contributed by atoms with Gasteiger partial charge in [0.1, 0.15) is 11.2 Å². The van der Waals surface area contributed by atoms with Crippen molar-refractivity contribution >= 4 is 39.1 Å². The highest BCUT2D eigenvalue weighted by Crippen LogP contribution is 2.46. The molecule has 0 radical (unpaired) electrons. The van der Waals surface area contributed by atoms with Gasteiger partial charge in [0, 0.05) is 57.1 Å². The molecule has 4 heterocycles. The number of hydrogen-bond donors (Lipinski definition) is 0. The second-order valence-electron chi connectivity index (χ2n) is 9.40. The van der Waals surface area contributed by atoms with E-state index in [2.05, 4.69) is 25.1 Å². The van der Waals surface area contributed by atoms with Gasteiger partial charge in [-0.25, -0.2) is 9.97 Å². The number of fused-ring (bicyclic) bond motifs is 1. The van der Waals surface area contributed by atoms with Crippen molar-refractivity contribution in [2.45, 2.75) is 51.4 Å². The summed E-state index contributed by atoms with van der Waals surface area (Å²) in [4.78, 5) is 41.2. The molecule has 0 atom stereocenters. The fourth-order valence-corrected chi connectivity index (χ4v) is 6.48. The number of imide groups is 1. The number of likely N-dealkylation sites (tertiary alicyclic amines) is 1. The third-order valence-corrected chi connectivity index (χ3v) is 8.26. The molecule has 31 heavy (non-hydrogen) atoms. The van der Waals surface area contributed by atoms with Gasteiger partial charge in [-0.05, 0) is 37.6 Å². The van der Waals surface area contributed by atoms with Crippen molar-refractivity contribution in [3.63, 3.8) is 0 Å². The smallest absolute Gasteiger partial charge is 0.229 e. The van der Waals surface area contributed by atoms with E-state index in [0.29, 0.717) is 19.4 Å². The molecule has 2 saturated heterocycles. The summed E-state index contributed by atoms with van der Waals surface area (Å²) in [5.41, 5.74) is 1.26. The Kier molecular flexibility index (Phi) is 5.93. The van der Waals surface area contributed by atoms with Crippen molar-refractivity contribution in [3.05, 3.63) is 17.9 Å². The maximum absolute atomic E-state index is 12.6. The van der Waals surface area contributed by atoms with Crippen LogP contribution in [-0.2, 0) is 9.59 Å². The second kappa shape index (κ2) is 8.82. The highest BCUT2D eigenvalue weighted by molar-refractivity contribution is 7.17. The molecule has 166 valence electrons. The van der Waals surface area contributed by atoms with Gasteiger partial charge in [-0.1, -0.05) is 12.8 Å². The largest absolute Gasteiger partial charge is 0.368 e. The first-order valence-electron chi connectivity index (χ1n) is 11.6. The van der Waals surface area contributed by atoms with Crippen LogP contribution < -0.4 is 4.90 Å². The molecule has 0 aromatic carbocycles. The highest BCUT2D eigenvalue weighted by Gasteiger charge is 2.44. The van der Waals surface area contributed by atoms with Gasteiger partial charge in [-0.3, -0.25) is 19.4 Å². The molecule has 1 saturated carbocycles. The van der Waals surface area contributed by atoms with Gasteiger partial charge in [0.05, 0.1) is 11.1 Å². The van der Waals surface area contributed by atoms with Gasteiger partial charge in [0.2, 0.25) is 11.8 Å². The molecular weight excluding hydrogens is 410 g/mol. The van der Waals surface area contributed by atoms with Gasteiger partial charge < -0.3 is 4.90 Å². The second-order valence-corrected chi connectivity index (χ2v) is 10.3. The molecule has 1 spiro atoms. The zero-order valence-electron chi connectivity index (χ0n) is 18.1. The van der Waals surface area contributed by atoms with E-state index < -0.39 is 0 Å². The molecule has 2 aromatic rings. The van der Waals surface area contributed by atoms with E-state index in [9.17, 15) is 9.59 Å². The third kappa shape index (κ3) is 4.32. The van der Waals surface area contributed by atoms with Crippen LogP contribution in [0.2, 0.25) is 0 Å². The number of aromatic nitrogens is 2.